The second-order valence-electron chi connectivity index (χ2n) is 11.0. The first-order chi connectivity index (χ1) is 16.9. The molecule has 0 bridgehead atoms. The van der Waals surface area contributed by atoms with Gasteiger partial charge in [0.1, 0.15) is 5.82 Å². The van der Waals surface area contributed by atoms with Crippen molar-refractivity contribution < 1.29 is 23.8 Å². The molecule has 2 saturated heterocycles. The summed E-state index contributed by atoms with van der Waals surface area (Å²) in [5, 5.41) is 17.7. The number of nitrogens with zero attached hydrogens (tertiary/aromatic N) is 2. The fourth-order valence-electron chi connectivity index (χ4n) is 5.90. The minimum Gasteiger partial charge on any atom is -0.453 e. The third kappa shape index (κ3) is 7.01. The number of halogens is 2. The van der Waals surface area contributed by atoms with Gasteiger partial charge in [0.2, 0.25) is 0 Å². The van der Waals surface area contributed by atoms with Gasteiger partial charge in [-0.2, -0.15) is 0 Å². The number of amides is 3. The summed E-state index contributed by atoms with van der Waals surface area (Å²) in [4.78, 5) is 28.6. The molecule has 0 aliphatic carbocycles. The number of methoxy groups -OCH3 is 1. The lowest BCUT2D eigenvalue weighted by Gasteiger charge is -2.44. The third-order valence-corrected chi connectivity index (χ3v) is 7.64. The van der Waals surface area contributed by atoms with Gasteiger partial charge in [-0.1, -0.05) is 37.6 Å². The van der Waals surface area contributed by atoms with Gasteiger partial charge in [-0.05, 0) is 50.6 Å². The van der Waals surface area contributed by atoms with E-state index in [4.69, 9.17) is 11.6 Å². The first-order valence-electron chi connectivity index (χ1n) is 12.7. The van der Waals surface area contributed by atoms with Crippen LogP contribution in [0.5, 0.6) is 0 Å². The Morgan fingerprint density at radius 3 is 2.78 bits per heavy atom. The van der Waals surface area contributed by atoms with E-state index in [-0.39, 0.29) is 41.0 Å². The molecular formula is C26H40ClFN4O4. The second-order valence-corrected chi connectivity index (χ2v) is 11.5. The average Bonchev–Trinajstić information content (AvgIpc) is 2.82. The van der Waals surface area contributed by atoms with E-state index in [2.05, 4.69) is 41.2 Å². The van der Waals surface area contributed by atoms with Crippen LogP contribution in [0.25, 0.3) is 0 Å². The van der Waals surface area contributed by atoms with Gasteiger partial charge in [0, 0.05) is 50.2 Å². The van der Waals surface area contributed by atoms with Gasteiger partial charge >= 0.3 is 12.1 Å². The van der Waals surface area contributed by atoms with Gasteiger partial charge < -0.3 is 30.3 Å². The van der Waals surface area contributed by atoms with Crippen LogP contribution in [0.2, 0.25) is 5.02 Å². The Morgan fingerprint density at radius 2 is 2.08 bits per heavy atom. The summed E-state index contributed by atoms with van der Waals surface area (Å²) in [7, 11) is 3.34. The minimum absolute atomic E-state index is 0.0419. The van der Waals surface area contributed by atoms with Crippen molar-refractivity contribution in [1.29, 1.82) is 0 Å². The number of nitrogens with one attached hydrogen (secondary N) is 2. The van der Waals surface area contributed by atoms with Gasteiger partial charge in [0.15, 0.2) is 0 Å². The summed E-state index contributed by atoms with van der Waals surface area (Å²) in [6.07, 6.45) is 2.24. The Morgan fingerprint density at radius 1 is 1.33 bits per heavy atom. The molecule has 2 heterocycles. The number of hydrogen-bond donors (Lipinski definition) is 3. The quantitative estimate of drug-likeness (QED) is 0.468. The topological polar surface area (TPSA) is 94.1 Å². The standard InChI is InChI=1S/C26H40ClFN4O4/c1-25(2)14-19(16-31(3)17-25)30-23(33)32-13-6-8-18(15-32)26(35,11-7-12-29-24(34)36-4)20-9-5-10-21(27)22(20)28/h5,9-10,18-19,35H,6-8,11-17H2,1-4H3,(H,29,34)(H,30,33)/t18-,19+,26+/m1/s1. The lowest BCUT2D eigenvalue weighted by atomic mass is 9.74. The lowest BCUT2D eigenvalue weighted by molar-refractivity contribution is -0.0577. The molecule has 3 N–H and O–H groups in total. The van der Waals surface area contributed by atoms with Crippen LogP contribution in [0.15, 0.2) is 18.2 Å². The number of alkyl carbamates (subject to hydrolysis) is 1. The van der Waals surface area contributed by atoms with E-state index in [0.29, 0.717) is 32.4 Å². The Bertz CT molecular complexity index is 933. The number of piperidine rings is 2. The highest BCUT2D eigenvalue weighted by Gasteiger charge is 2.43. The first-order valence-corrected chi connectivity index (χ1v) is 13.1. The number of likely N-dealkylation sites (N-methyl/N-ethyl adjacent to an activating group) is 1. The van der Waals surface area contributed by atoms with Crippen LogP contribution in [-0.2, 0) is 10.3 Å². The predicted octanol–water partition coefficient (Wildman–Crippen LogP) is 3.95. The minimum atomic E-state index is -1.56. The Hall–Kier alpha value is -2.10. The summed E-state index contributed by atoms with van der Waals surface area (Å²) in [5.74, 6) is -1.05. The predicted molar refractivity (Wildman–Crippen MR) is 137 cm³/mol. The molecule has 0 unspecified atom stereocenters. The molecular weight excluding hydrogens is 487 g/mol. The van der Waals surface area contributed by atoms with Crippen LogP contribution in [0.3, 0.4) is 0 Å². The summed E-state index contributed by atoms with van der Waals surface area (Å²) < 4.78 is 19.7. The molecule has 3 rings (SSSR count). The number of benzene rings is 1. The molecule has 2 aliphatic heterocycles. The number of urea groups is 1. The summed E-state index contributed by atoms with van der Waals surface area (Å²) in [6, 6.07) is 4.50. The molecule has 2 aliphatic rings. The maximum Gasteiger partial charge on any atom is 0.406 e. The van der Waals surface area contributed by atoms with Crippen molar-refractivity contribution in [1.82, 2.24) is 20.4 Å². The van der Waals surface area contributed by atoms with E-state index in [9.17, 15) is 14.7 Å². The Balaban J connectivity index is 1.75. The SMILES string of the molecule is COC(=O)NCCC[C@@](O)(c1cccc(Cl)c1F)[C@@H]1CCCN(C(=O)N[C@@H]2CN(C)CC(C)(C)C2)C1. The van der Waals surface area contributed by atoms with Crippen LogP contribution in [0.1, 0.15) is 51.5 Å². The zero-order valence-electron chi connectivity index (χ0n) is 21.8. The van der Waals surface area contributed by atoms with Gasteiger partial charge in [0.05, 0.1) is 17.7 Å². The van der Waals surface area contributed by atoms with Crippen molar-refractivity contribution in [2.24, 2.45) is 11.3 Å². The smallest absolute Gasteiger partial charge is 0.406 e. The van der Waals surface area contributed by atoms with Crippen LogP contribution in [0.4, 0.5) is 14.0 Å². The summed E-state index contributed by atoms with van der Waals surface area (Å²) >= 11 is 6.06. The molecule has 0 spiro atoms. The molecule has 3 amide bonds. The summed E-state index contributed by atoms with van der Waals surface area (Å²) in [6.45, 7) is 7.31. The van der Waals surface area contributed by atoms with Crippen molar-refractivity contribution in [3.63, 3.8) is 0 Å². The highest BCUT2D eigenvalue weighted by atomic mass is 35.5. The first kappa shape index (κ1) is 28.5. The molecule has 3 atom stereocenters. The van der Waals surface area contributed by atoms with Crippen LogP contribution >= 0.6 is 11.6 Å². The largest absolute Gasteiger partial charge is 0.453 e. The number of ether oxygens (including phenoxy) is 1. The zero-order chi connectivity index (χ0) is 26.5. The average molecular weight is 527 g/mol. The molecule has 0 radical (unpaired) electrons. The maximum absolute atomic E-state index is 15.1. The molecule has 1 aromatic rings. The van der Waals surface area contributed by atoms with Crippen molar-refractivity contribution in [2.75, 3.05) is 46.9 Å². The number of likely N-dealkylation sites (tertiary alicyclic amines) is 2. The van der Waals surface area contributed by atoms with Crippen LogP contribution in [0, 0.1) is 17.2 Å². The molecule has 202 valence electrons. The van der Waals surface area contributed by atoms with E-state index < -0.39 is 23.4 Å². The monoisotopic (exact) mass is 526 g/mol. The van der Waals surface area contributed by atoms with E-state index in [1.807, 2.05) is 0 Å². The number of rotatable bonds is 7. The summed E-state index contributed by atoms with van der Waals surface area (Å²) in [5.41, 5.74) is -1.33. The van der Waals surface area contributed by atoms with Gasteiger partial charge in [-0.3, -0.25) is 0 Å². The highest BCUT2D eigenvalue weighted by Crippen LogP contribution is 2.41. The van der Waals surface area contributed by atoms with Gasteiger partial charge in [-0.25, -0.2) is 14.0 Å². The van der Waals surface area contributed by atoms with Crippen LogP contribution in [-0.4, -0.2) is 80.0 Å². The second kappa shape index (κ2) is 12.0. The highest BCUT2D eigenvalue weighted by molar-refractivity contribution is 6.30. The van der Waals surface area contributed by atoms with Crippen LogP contribution < -0.4 is 10.6 Å². The fourth-order valence-corrected chi connectivity index (χ4v) is 6.07. The van der Waals surface area contributed by atoms with Crippen molar-refractivity contribution in [2.45, 2.75) is 57.6 Å². The number of carbonyl (C=O) groups is 2. The third-order valence-electron chi connectivity index (χ3n) is 7.35. The number of carbonyl (C=O) groups excluding carboxylic acids is 2. The van der Waals surface area contributed by atoms with Crippen molar-refractivity contribution >= 4 is 23.7 Å². The molecule has 2 fully saturated rings. The maximum atomic E-state index is 15.1. The van der Waals surface area contributed by atoms with Gasteiger partial charge in [0.25, 0.3) is 0 Å². The molecule has 0 saturated carbocycles. The number of aliphatic hydroxyl groups is 1. The fraction of sp³-hybridized carbons (Fsp3) is 0.692. The molecule has 10 heteroatoms. The zero-order valence-corrected chi connectivity index (χ0v) is 22.5. The lowest BCUT2D eigenvalue weighted by Crippen LogP contribution is -2.57. The number of hydrogen-bond acceptors (Lipinski definition) is 5. The molecule has 36 heavy (non-hydrogen) atoms. The van der Waals surface area contributed by atoms with Gasteiger partial charge in [-0.15, -0.1) is 0 Å². The Kier molecular flexibility index (Phi) is 9.46. The normalized spacial score (nSPS) is 24.0. The van der Waals surface area contributed by atoms with E-state index in [1.54, 1.807) is 17.0 Å². The molecule has 1 aromatic carbocycles. The molecule has 8 nitrogen and oxygen atoms in total. The Labute approximate surface area is 218 Å². The van der Waals surface area contributed by atoms with E-state index in [1.165, 1.54) is 13.2 Å². The van der Waals surface area contributed by atoms with Crippen molar-refractivity contribution in [3.8, 4) is 0 Å². The molecule has 0 aromatic heterocycles. The van der Waals surface area contributed by atoms with E-state index in [0.717, 1.165) is 19.5 Å². The van der Waals surface area contributed by atoms with E-state index >= 15 is 4.39 Å². The van der Waals surface area contributed by atoms with Crippen molar-refractivity contribution in [3.05, 3.63) is 34.6 Å².